The van der Waals surface area contributed by atoms with Gasteiger partial charge in [-0.05, 0) is 0 Å². The van der Waals surface area contributed by atoms with Crippen LogP contribution in [0.25, 0.3) is 0 Å². The zero-order valence-electron chi connectivity index (χ0n) is 21.0. The Balaban J connectivity index is -0.000000182. The molecule has 0 aliphatic heterocycles. The molecule has 0 bridgehead atoms. The Bertz CT molecular complexity index is 933. The molecule has 0 atom stereocenters. The van der Waals surface area contributed by atoms with Crippen LogP contribution in [0.2, 0.25) is 0 Å². The van der Waals surface area contributed by atoms with Crippen molar-refractivity contribution in [2.45, 2.75) is 0 Å². The average Bonchev–Trinajstić information content (AvgIpc) is 2.96. The van der Waals surface area contributed by atoms with Crippen molar-refractivity contribution >= 4 is 22.5 Å². The van der Waals surface area contributed by atoms with Crippen molar-refractivity contribution in [1.82, 2.24) is 0 Å². The fourth-order valence-corrected chi connectivity index (χ4v) is 3.03. The van der Waals surface area contributed by atoms with Gasteiger partial charge in [0.2, 0.25) is 0 Å². The molecule has 0 aliphatic rings. The van der Waals surface area contributed by atoms with Crippen LogP contribution in [0.3, 0.4) is 0 Å². The molecule has 0 aromatic heterocycles. The topological polar surface area (TPSA) is 123 Å². The minimum atomic E-state index is -1.59. The molecule has 0 fully saturated rings. The minimum Gasteiger partial charge on any atom is 0 e. The number of rotatable bonds is 3. The van der Waals surface area contributed by atoms with E-state index in [1.165, 1.54) is 0 Å². The molecule has 7 nitrogen and oxygen atoms in total. The van der Waals surface area contributed by atoms with Crippen molar-refractivity contribution in [3.05, 3.63) is 124 Å². The van der Waals surface area contributed by atoms with E-state index in [9.17, 15) is 5.26 Å². The number of nitriles is 1. The fraction of sp³-hybridized carbons (Fsp3) is 0.143. The molecule has 0 heterocycles. The molecule has 0 saturated heterocycles. The van der Waals surface area contributed by atoms with Crippen molar-refractivity contribution < 1.29 is 44.5 Å². The van der Waals surface area contributed by atoms with Gasteiger partial charge in [-0.2, -0.15) is 16.4 Å². The Kier molecular flexibility index (Phi) is 33.6. The Morgan fingerprint density at radius 2 is 0.676 bits per heavy atom. The van der Waals surface area contributed by atoms with Crippen molar-refractivity contribution in [2.75, 3.05) is 28.2 Å². The molecular formula is C28H27BCoN2O5. The first-order chi connectivity index (χ1) is 17.4. The van der Waals surface area contributed by atoms with Crippen LogP contribution in [0.4, 0.5) is 0 Å². The molecule has 37 heavy (non-hydrogen) atoms. The molecule has 3 rings (SSSR count). The van der Waals surface area contributed by atoms with E-state index in [1.807, 2.05) is 91.0 Å². The summed E-state index contributed by atoms with van der Waals surface area (Å²) in [6, 6.07) is 30.2. The summed E-state index contributed by atoms with van der Waals surface area (Å²) in [6.07, 6.45) is -1.59. The van der Waals surface area contributed by atoms with Crippen LogP contribution in [-0.4, -0.2) is 38.8 Å². The van der Waals surface area contributed by atoms with Crippen molar-refractivity contribution in [3.8, 4) is 5.97 Å². The van der Waals surface area contributed by atoms with Gasteiger partial charge in [-0.25, -0.2) is 5.26 Å². The first-order valence-electron chi connectivity index (χ1n) is 9.92. The Labute approximate surface area is 230 Å². The summed E-state index contributed by atoms with van der Waals surface area (Å²) in [7, 11) is 8.50. The molecule has 0 aliphatic carbocycles. The van der Waals surface area contributed by atoms with E-state index in [0.29, 0.717) is 0 Å². The Morgan fingerprint density at radius 3 is 0.811 bits per heavy atom. The van der Waals surface area contributed by atoms with Gasteiger partial charge >= 0.3 is 56.5 Å². The van der Waals surface area contributed by atoms with Gasteiger partial charge in [0.05, 0.1) is 28.2 Å². The summed E-state index contributed by atoms with van der Waals surface area (Å²) >= 11 is 0. The quantitative estimate of drug-likeness (QED) is 0.215. The van der Waals surface area contributed by atoms with E-state index in [0.717, 1.165) is 20.9 Å². The van der Waals surface area contributed by atoms with Gasteiger partial charge in [-0.3, -0.25) is 0 Å². The zero-order valence-corrected chi connectivity index (χ0v) is 22.0. The van der Waals surface area contributed by atoms with E-state index >= 15 is 0 Å². The van der Waals surface area contributed by atoms with Gasteiger partial charge in [-0.15, -0.1) is 5.97 Å². The molecule has 3 aromatic rings. The van der Waals surface area contributed by atoms with E-state index in [-0.39, 0.29) is 16.8 Å². The van der Waals surface area contributed by atoms with Crippen LogP contribution in [0.5, 0.6) is 0 Å². The Hall–Kier alpha value is -3.62. The SMILES string of the molecule is C[N+](C)(C)C.N#C[B-](c1ccccc1)(c1ccccc1)c1ccccc1.[C-]#[O+].[C-]#[O+].[C-]#[O+].[C-]#[O+].[C-]#[O+].[Co]. The molecule has 0 N–H and O–H groups in total. The van der Waals surface area contributed by atoms with Crippen LogP contribution in [0.15, 0.2) is 91.0 Å². The maximum absolute atomic E-state index is 10.1. The number of benzene rings is 3. The first kappa shape index (κ1) is 43.5. The zero-order chi connectivity index (χ0) is 29.0. The molecule has 0 spiro atoms. The Morgan fingerprint density at radius 1 is 0.514 bits per heavy atom. The van der Waals surface area contributed by atoms with Crippen LogP contribution in [0.1, 0.15) is 0 Å². The second-order valence-corrected chi connectivity index (χ2v) is 7.91. The summed E-state index contributed by atoms with van der Waals surface area (Å²) in [5.74, 6) is 2.63. The second-order valence-electron chi connectivity index (χ2n) is 7.91. The van der Waals surface area contributed by atoms with Gasteiger partial charge in [-0.1, -0.05) is 91.0 Å². The number of nitrogens with zero attached hydrogens (tertiary/aromatic N) is 2. The molecular weight excluding hydrogens is 514 g/mol. The summed E-state index contributed by atoms with van der Waals surface area (Å²) in [4.78, 5) is 0. The fourth-order valence-electron chi connectivity index (χ4n) is 3.03. The van der Waals surface area contributed by atoms with Gasteiger partial charge in [0.15, 0.2) is 6.15 Å². The van der Waals surface area contributed by atoms with E-state index in [2.05, 4.69) is 67.4 Å². The van der Waals surface area contributed by atoms with E-state index < -0.39 is 6.15 Å². The average molecular weight is 541 g/mol. The van der Waals surface area contributed by atoms with Gasteiger partial charge < -0.3 is 4.48 Å². The van der Waals surface area contributed by atoms with Gasteiger partial charge in [0.25, 0.3) is 0 Å². The molecule has 0 amide bonds. The number of hydrogen-bond acceptors (Lipinski definition) is 1. The van der Waals surface area contributed by atoms with Crippen LogP contribution in [0, 0.1) is 44.5 Å². The summed E-state index contributed by atoms with van der Waals surface area (Å²) in [5.41, 5.74) is 3.16. The summed E-state index contributed by atoms with van der Waals surface area (Å²) < 4.78 is 38.5. The van der Waals surface area contributed by atoms with Crippen LogP contribution >= 0.6 is 0 Å². The van der Waals surface area contributed by atoms with Crippen molar-refractivity contribution in [1.29, 1.82) is 5.26 Å². The van der Waals surface area contributed by atoms with Gasteiger partial charge in [0, 0.05) is 16.8 Å². The predicted octanol–water partition coefficient (Wildman–Crippen LogP) is 2.35. The van der Waals surface area contributed by atoms with Crippen LogP contribution < -0.4 is 16.4 Å². The molecule has 0 saturated carbocycles. The van der Waals surface area contributed by atoms with Crippen LogP contribution in [-0.2, 0) is 40.0 Å². The van der Waals surface area contributed by atoms with E-state index in [4.69, 9.17) is 23.3 Å². The maximum atomic E-state index is 10.1. The largest absolute Gasteiger partial charge is 0 e. The van der Waals surface area contributed by atoms with Crippen molar-refractivity contribution in [2.24, 2.45) is 0 Å². The normalized spacial score (nSPS) is 8.03. The number of quaternary nitrogens is 1. The third kappa shape index (κ3) is 17.5. The monoisotopic (exact) mass is 541 g/mol. The molecule has 0 unspecified atom stereocenters. The standard InChI is InChI=1S/C19H15BN.C4H12N.5CO.Co/c21-16-20(17-10-4-1-5-11-17,18-12-6-2-7-13-18)19-14-8-3-9-15-19;1-5(2,3)4;5*1-2;/h1-15H;1-4H3;;;;;;/q-1;+1;;;;;;. The summed E-state index contributed by atoms with van der Waals surface area (Å²) in [5, 5.41) is 10.1. The van der Waals surface area contributed by atoms with Crippen molar-refractivity contribution in [3.63, 3.8) is 0 Å². The molecule has 1 radical (unpaired) electrons. The molecule has 3 aromatic carbocycles. The third-order valence-corrected chi connectivity index (χ3v) is 4.09. The van der Waals surface area contributed by atoms with E-state index in [1.54, 1.807) is 0 Å². The molecule has 9 heteroatoms. The predicted molar refractivity (Wildman–Crippen MR) is 133 cm³/mol. The third-order valence-electron chi connectivity index (χ3n) is 4.09. The maximum Gasteiger partial charge on any atom is 0 e. The molecule has 191 valence electrons. The first-order valence-corrected chi connectivity index (χ1v) is 9.92. The minimum absolute atomic E-state index is 0. The summed E-state index contributed by atoms with van der Waals surface area (Å²) in [6.45, 7) is 22.5. The van der Waals surface area contributed by atoms with Gasteiger partial charge in [0.1, 0.15) is 0 Å². The number of hydrogen-bond donors (Lipinski definition) is 0. The smallest absolute Gasteiger partial charge is 0 e. The second kappa shape index (κ2) is 28.6.